The molecular formula is C15H14FN3O2. The molecule has 0 aliphatic heterocycles. The Bertz CT molecular complexity index is 632. The molecule has 0 saturated carbocycles. The van der Waals surface area contributed by atoms with Crippen LogP contribution in [0.15, 0.2) is 48.7 Å². The van der Waals surface area contributed by atoms with Gasteiger partial charge in [0.05, 0.1) is 6.54 Å². The van der Waals surface area contributed by atoms with Crippen molar-refractivity contribution in [2.75, 3.05) is 6.54 Å². The predicted octanol–water partition coefficient (Wildman–Crippen LogP) is 1.27. The van der Waals surface area contributed by atoms with Crippen LogP contribution in [-0.2, 0) is 11.3 Å². The summed E-state index contributed by atoms with van der Waals surface area (Å²) >= 11 is 0. The maximum Gasteiger partial charge on any atom is 0.251 e. The summed E-state index contributed by atoms with van der Waals surface area (Å²) in [7, 11) is 0. The highest BCUT2D eigenvalue weighted by Gasteiger charge is 2.08. The molecule has 2 N–H and O–H groups in total. The lowest BCUT2D eigenvalue weighted by molar-refractivity contribution is -0.120. The van der Waals surface area contributed by atoms with Crippen LogP contribution in [0.2, 0.25) is 0 Å². The van der Waals surface area contributed by atoms with Crippen molar-refractivity contribution >= 4 is 11.8 Å². The van der Waals surface area contributed by atoms with Crippen LogP contribution in [0.25, 0.3) is 0 Å². The van der Waals surface area contributed by atoms with Crippen LogP contribution in [0.4, 0.5) is 4.39 Å². The number of halogens is 1. The van der Waals surface area contributed by atoms with Gasteiger partial charge in [0.25, 0.3) is 5.91 Å². The van der Waals surface area contributed by atoms with Gasteiger partial charge in [-0.3, -0.25) is 9.59 Å². The minimum absolute atomic E-state index is 0.123. The Morgan fingerprint density at radius 3 is 2.57 bits per heavy atom. The van der Waals surface area contributed by atoms with E-state index in [4.69, 9.17) is 0 Å². The van der Waals surface area contributed by atoms with E-state index < -0.39 is 11.9 Å². The molecule has 0 aliphatic carbocycles. The first-order chi connectivity index (χ1) is 10.1. The molecule has 0 saturated heterocycles. The number of aromatic nitrogens is 1. The summed E-state index contributed by atoms with van der Waals surface area (Å²) in [5.74, 6) is -1.58. The van der Waals surface area contributed by atoms with Gasteiger partial charge in [-0.15, -0.1) is 0 Å². The monoisotopic (exact) mass is 287 g/mol. The molecule has 0 aliphatic rings. The molecular weight excluding hydrogens is 273 g/mol. The van der Waals surface area contributed by atoms with Crippen LogP contribution < -0.4 is 10.6 Å². The van der Waals surface area contributed by atoms with Crippen LogP contribution in [0, 0.1) is 5.95 Å². The van der Waals surface area contributed by atoms with E-state index >= 15 is 0 Å². The number of benzene rings is 1. The quantitative estimate of drug-likeness (QED) is 0.813. The number of hydrogen-bond acceptors (Lipinski definition) is 3. The highest BCUT2D eigenvalue weighted by atomic mass is 19.1. The van der Waals surface area contributed by atoms with Crippen molar-refractivity contribution < 1.29 is 14.0 Å². The molecule has 5 nitrogen and oxygen atoms in total. The Hall–Kier alpha value is -2.76. The second kappa shape index (κ2) is 7.14. The van der Waals surface area contributed by atoms with Gasteiger partial charge < -0.3 is 10.6 Å². The van der Waals surface area contributed by atoms with Gasteiger partial charge in [0.1, 0.15) is 0 Å². The fraction of sp³-hybridized carbons (Fsp3) is 0.133. The normalized spacial score (nSPS) is 9.95. The molecule has 21 heavy (non-hydrogen) atoms. The lowest BCUT2D eigenvalue weighted by atomic mass is 10.2. The Labute approximate surface area is 121 Å². The first-order valence-corrected chi connectivity index (χ1v) is 6.35. The van der Waals surface area contributed by atoms with Crippen LogP contribution in [-0.4, -0.2) is 23.3 Å². The lowest BCUT2D eigenvalue weighted by Crippen LogP contribution is -2.36. The van der Waals surface area contributed by atoms with E-state index in [1.165, 1.54) is 12.3 Å². The van der Waals surface area contributed by atoms with Crippen LogP contribution >= 0.6 is 0 Å². The van der Waals surface area contributed by atoms with Gasteiger partial charge in [-0.1, -0.05) is 30.3 Å². The highest BCUT2D eigenvalue weighted by molar-refractivity contribution is 5.96. The summed E-state index contributed by atoms with van der Waals surface area (Å²) in [4.78, 5) is 26.7. The van der Waals surface area contributed by atoms with Gasteiger partial charge in [0, 0.05) is 24.4 Å². The number of nitrogens with one attached hydrogen (secondary N) is 2. The van der Waals surface area contributed by atoms with E-state index in [1.807, 2.05) is 30.3 Å². The maximum atomic E-state index is 12.9. The van der Waals surface area contributed by atoms with Gasteiger partial charge in [0.15, 0.2) is 0 Å². The second-order valence-corrected chi connectivity index (χ2v) is 4.31. The molecule has 1 heterocycles. The van der Waals surface area contributed by atoms with E-state index in [-0.39, 0.29) is 18.0 Å². The largest absolute Gasteiger partial charge is 0.350 e. The van der Waals surface area contributed by atoms with Gasteiger partial charge in [-0.25, -0.2) is 4.98 Å². The second-order valence-electron chi connectivity index (χ2n) is 4.31. The topological polar surface area (TPSA) is 71.1 Å². The molecule has 0 fully saturated rings. The van der Waals surface area contributed by atoms with E-state index in [1.54, 1.807) is 0 Å². The molecule has 108 valence electrons. The SMILES string of the molecule is O=C(CNC(=O)c1ccnc(F)c1)NCc1ccccc1. The van der Waals surface area contributed by atoms with Crippen molar-refractivity contribution in [2.45, 2.75) is 6.54 Å². The predicted molar refractivity (Wildman–Crippen MR) is 74.8 cm³/mol. The molecule has 0 bridgehead atoms. The summed E-state index contributed by atoms with van der Waals surface area (Å²) in [5, 5.41) is 5.09. The Morgan fingerprint density at radius 1 is 1.10 bits per heavy atom. The van der Waals surface area contributed by atoms with Crippen molar-refractivity contribution in [3.05, 3.63) is 65.7 Å². The number of amides is 2. The summed E-state index contributed by atoms with van der Waals surface area (Å²) in [5.41, 5.74) is 1.09. The molecule has 2 rings (SSSR count). The van der Waals surface area contributed by atoms with Crippen molar-refractivity contribution in [1.82, 2.24) is 15.6 Å². The molecule has 0 unspecified atom stereocenters. The number of carbonyl (C=O) groups is 2. The molecule has 0 radical (unpaired) electrons. The average Bonchev–Trinajstić information content (AvgIpc) is 2.51. The Kier molecular flexibility index (Phi) is 4.98. The van der Waals surface area contributed by atoms with Gasteiger partial charge in [-0.05, 0) is 11.6 Å². The zero-order valence-corrected chi connectivity index (χ0v) is 11.2. The van der Waals surface area contributed by atoms with E-state index in [2.05, 4.69) is 15.6 Å². The van der Waals surface area contributed by atoms with E-state index in [0.717, 1.165) is 11.6 Å². The van der Waals surface area contributed by atoms with Crippen LogP contribution in [0.3, 0.4) is 0 Å². The summed E-state index contributed by atoms with van der Waals surface area (Å²) in [6.07, 6.45) is 1.19. The molecule has 1 aromatic heterocycles. The summed E-state index contributed by atoms with van der Waals surface area (Å²) in [6, 6.07) is 11.8. The molecule has 1 aromatic carbocycles. The van der Waals surface area contributed by atoms with Gasteiger partial charge in [0.2, 0.25) is 11.9 Å². The smallest absolute Gasteiger partial charge is 0.251 e. The van der Waals surface area contributed by atoms with Crippen LogP contribution in [0.1, 0.15) is 15.9 Å². The van der Waals surface area contributed by atoms with Gasteiger partial charge in [-0.2, -0.15) is 4.39 Å². The molecule has 6 heteroatoms. The molecule has 0 spiro atoms. The number of carbonyl (C=O) groups excluding carboxylic acids is 2. The maximum absolute atomic E-state index is 12.9. The number of rotatable bonds is 5. The first kappa shape index (κ1) is 14.6. The molecule has 2 amide bonds. The van der Waals surface area contributed by atoms with E-state index in [0.29, 0.717) is 6.54 Å². The fourth-order valence-electron chi connectivity index (χ4n) is 1.67. The fourth-order valence-corrected chi connectivity index (χ4v) is 1.67. The number of hydrogen-bond donors (Lipinski definition) is 2. The van der Waals surface area contributed by atoms with Gasteiger partial charge >= 0.3 is 0 Å². The zero-order chi connectivity index (χ0) is 15.1. The van der Waals surface area contributed by atoms with Crippen molar-refractivity contribution in [3.63, 3.8) is 0 Å². The zero-order valence-electron chi connectivity index (χ0n) is 11.2. The van der Waals surface area contributed by atoms with Crippen molar-refractivity contribution in [3.8, 4) is 0 Å². The minimum atomic E-state index is -0.740. The molecule has 0 atom stereocenters. The third-order valence-corrected chi connectivity index (χ3v) is 2.73. The summed E-state index contributed by atoms with van der Waals surface area (Å²) in [6.45, 7) is 0.217. The first-order valence-electron chi connectivity index (χ1n) is 6.35. The van der Waals surface area contributed by atoms with Crippen LogP contribution in [0.5, 0.6) is 0 Å². The number of pyridine rings is 1. The third-order valence-electron chi connectivity index (χ3n) is 2.73. The Balaban J connectivity index is 1.77. The third kappa shape index (κ3) is 4.68. The Morgan fingerprint density at radius 2 is 1.86 bits per heavy atom. The van der Waals surface area contributed by atoms with Crippen molar-refractivity contribution in [2.24, 2.45) is 0 Å². The van der Waals surface area contributed by atoms with E-state index in [9.17, 15) is 14.0 Å². The summed E-state index contributed by atoms with van der Waals surface area (Å²) < 4.78 is 12.9. The number of nitrogens with zero attached hydrogens (tertiary/aromatic N) is 1. The minimum Gasteiger partial charge on any atom is -0.350 e. The average molecular weight is 287 g/mol. The highest BCUT2D eigenvalue weighted by Crippen LogP contribution is 2.00. The van der Waals surface area contributed by atoms with Crippen molar-refractivity contribution in [1.29, 1.82) is 0 Å². The standard InChI is InChI=1S/C15H14FN3O2/c16-13-8-12(6-7-17-13)15(21)19-10-14(20)18-9-11-4-2-1-3-5-11/h1-8H,9-10H2,(H,18,20)(H,19,21). The lowest BCUT2D eigenvalue weighted by Gasteiger charge is -2.07. The molecule has 2 aromatic rings.